The van der Waals surface area contributed by atoms with Crippen molar-refractivity contribution in [3.8, 4) is 0 Å². The predicted octanol–water partition coefficient (Wildman–Crippen LogP) is 1.47. The van der Waals surface area contributed by atoms with Crippen molar-refractivity contribution in [2.75, 3.05) is 6.61 Å². The molecule has 2 atom stereocenters. The summed E-state index contributed by atoms with van der Waals surface area (Å²) in [4.78, 5) is 11.7. The van der Waals surface area contributed by atoms with Crippen LogP contribution in [0.1, 0.15) is 39.5 Å². The topological polar surface area (TPSA) is 38.3 Å². The maximum Gasteiger partial charge on any atom is 0.223 e. The number of rotatable bonds is 3. The number of carbonyl (C=O) groups excluding carboxylic acids is 1. The second kappa shape index (κ2) is 3.54. The highest BCUT2D eigenvalue weighted by molar-refractivity contribution is 5.78. The quantitative estimate of drug-likeness (QED) is 0.744. The molecule has 2 aliphatic rings. The summed E-state index contributed by atoms with van der Waals surface area (Å²) in [6.45, 7) is 4.83. The van der Waals surface area contributed by atoms with E-state index in [2.05, 4.69) is 5.32 Å². The second-order valence-corrected chi connectivity index (χ2v) is 4.57. The number of nitrogens with one attached hydrogen (secondary N) is 1. The third-order valence-corrected chi connectivity index (χ3v) is 3.55. The lowest BCUT2D eigenvalue weighted by molar-refractivity contribution is -0.125. The molecule has 1 N–H and O–H groups in total. The highest BCUT2D eigenvalue weighted by atomic mass is 16.5. The molecule has 3 heteroatoms. The number of hydrogen-bond acceptors (Lipinski definition) is 2. The molecule has 1 saturated carbocycles. The minimum Gasteiger partial charge on any atom is -0.373 e. The van der Waals surface area contributed by atoms with Crippen molar-refractivity contribution in [1.29, 1.82) is 0 Å². The standard InChI is InChI=1S/C11H19NO2/c1-3-8(2)10(13)12-9-4-7-14-11(9)5-6-11/h8-9H,3-7H2,1-2H3,(H,12,13). The van der Waals surface area contributed by atoms with Crippen molar-refractivity contribution in [2.24, 2.45) is 5.92 Å². The molecule has 2 rings (SSSR count). The largest absolute Gasteiger partial charge is 0.373 e. The summed E-state index contributed by atoms with van der Waals surface area (Å²) in [7, 11) is 0. The van der Waals surface area contributed by atoms with Crippen LogP contribution in [0.2, 0.25) is 0 Å². The van der Waals surface area contributed by atoms with Gasteiger partial charge in [-0.2, -0.15) is 0 Å². The van der Waals surface area contributed by atoms with Gasteiger partial charge in [0.2, 0.25) is 5.91 Å². The first-order valence-corrected chi connectivity index (χ1v) is 5.62. The molecule has 0 radical (unpaired) electrons. The SMILES string of the molecule is CCC(C)C(=O)NC1CCOC12CC2. The molecule has 0 bridgehead atoms. The molecule has 0 aromatic heterocycles. The number of ether oxygens (including phenoxy) is 1. The molecular formula is C11H19NO2. The first-order valence-electron chi connectivity index (χ1n) is 5.62. The van der Waals surface area contributed by atoms with Gasteiger partial charge in [-0.15, -0.1) is 0 Å². The molecule has 14 heavy (non-hydrogen) atoms. The van der Waals surface area contributed by atoms with Crippen LogP contribution >= 0.6 is 0 Å². The second-order valence-electron chi connectivity index (χ2n) is 4.57. The molecule has 2 fully saturated rings. The summed E-state index contributed by atoms with van der Waals surface area (Å²) >= 11 is 0. The Kier molecular flexibility index (Phi) is 2.52. The van der Waals surface area contributed by atoms with Crippen molar-refractivity contribution < 1.29 is 9.53 Å². The van der Waals surface area contributed by atoms with Crippen molar-refractivity contribution >= 4 is 5.91 Å². The van der Waals surface area contributed by atoms with Gasteiger partial charge in [-0.3, -0.25) is 4.79 Å². The third-order valence-electron chi connectivity index (χ3n) is 3.55. The van der Waals surface area contributed by atoms with Gasteiger partial charge in [0.05, 0.1) is 11.6 Å². The predicted molar refractivity (Wildman–Crippen MR) is 53.9 cm³/mol. The highest BCUT2D eigenvalue weighted by Gasteiger charge is 2.54. The van der Waals surface area contributed by atoms with E-state index in [1.165, 1.54) is 0 Å². The van der Waals surface area contributed by atoms with E-state index in [9.17, 15) is 4.79 Å². The molecule has 1 aliphatic heterocycles. The van der Waals surface area contributed by atoms with Crippen LogP contribution in [0.3, 0.4) is 0 Å². The van der Waals surface area contributed by atoms with Crippen molar-refractivity contribution in [3.63, 3.8) is 0 Å². The zero-order chi connectivity index (χ0) is 10.2. The van der Waals surface area contributed by atoms with Crippen LogP contribution < -0.4 is 5.32 Å². The van der Waals surface area contributed by atoms with Crippen LogP contribution in [-0.4, -0.2) is 24.2 Å². The molecular weight excluding hydrogens is 178 g/mol. The van der Waals surface area contributed by atoms with Crippen molar-refractivity contribution in [3.05, 3.63) is 0 Å². The van der Waals surface area contributed by atoms with Gasteiger partial charge in [-0.05, 0) is 25.7 Å². The summed E-state index contributed by atoms with van der Waals surface area (Å²) < 4.78 is 5.66. The molecule has 1 spiro atoms. The Bertz CT molecular complexity index is 235. The molecule has 3 nitrogen and oxygen atoms in total. The maximum atomic E-state index is 11.7. The average molecular weight is 197 g/mol. The Labute approximate surface area is 85.2 Å². The van der Waals surface area contributed by atoms with E-state index in [0.29, 0.717) is 0 Å². The van der Waals surface area contributed by atoms with Gasteiger partial charge in [-0.25, -0.2) is 0 Å². The zero-order valence-electron chi connectivity index (χ0n) is 9.01. The molecule has 1 amide bonds. The minimum atomic E-state index is 0.0448. The molecule has 1 aliphatic carbocycles. The Morgan fingerprint density at radius 3 is 2.93 bits per heavy atom. The fraction of sp³-hybridized carbons (Fsp3) is 0.909. The Balaban J connectivity index is 1.88. The average Bonchev–Trinajstić information content (AvgIpc) is 2.85. The Morgan fingerprint density at radius 2 is 2.36 bits per heavy atom. The molecule has 0 aromatic carbocycles. The van der Waals surface area contributed by atoms with Gasteiger partial charge >= 0.3 is 0 Å². The number of amides is 1. The molecule has 2 unspecified atom stereocenters. The normalized spacial score (nSPS) is 30.3. The summed E-state index contributed by atoms with van der Waals surface area (Å²) in [6.07, 6.45) is 4.14. The number of carbonyl (C=O) groups is 1. The van der Waals surface area contributed by atoms with Gasteiger partial charge in [0, 0.05) is 12.5 Å². The maximum absolute atomic E-state index is 11.7. The van der Waals surface area contributed by atoms with E-state index < -0.39 is 0 Å². The van der Waals surface area contributed by atoms with E-state index in [0.717, 1.165) is 32.3 Å². The van der Waals surface area contributed by atoms with Crippen LogP contribution in [0.5, 0.6) is 0 Å². The summed E-state index contributed by atoms with van der Waals surface area (Å²) in [5, 5.41) is 3.12. The van der Waals surface area contributed by atoms with Crippen molar-refractivity contribution in [2.45, 2.75) is 51.2 Å². The first kappa shape index (κ1) is 9.97. The lowest BCUT2D eigenvalue weighted by Gasteiger charge is -2.20. The van der Waals surface area contributed by atoms with Crippen LogP contribution in [0.15, 0.2) is 0 Å². The minimum absolute atomic E-state index is 0.0448. The van der Waals surface area contributed by atoms with Gasteiger partial charge in [0.25, 0.3) is 0 Å². The Morgan fingerprint density at radius 1 is 1.64 bits per heavy atom. The van der Waals surface area contributed by atoms with E-state index in [1.54, 1.807) is 0 Å². The van der Waals surface area contributed by atoms with Gasteiger partial charge in [-0.1, -0.05) is 13.8 Å². The first-order chi connectivity index (χ1) is 6.68. The van der Waals surface area contributed by atoms with Crippen LogP contribution in [0.4, 0.5) is 0 Å². The summed E-state index contributed by atoms with van der Waals surface area (Å²) in [6, 6.07) is 0.281. The van der Waals surface area contributed by atoms with Crippen LogP contribution in [0.25, 0.3) is 0 Å². The molecule has 0 aromatic rings. The summed E-state index contributed by atoms with van der Waals surface area (Å²) in [5.41, 5.74) is 0.0448. The van der Waals surface area contributed by atoms with E-state index in [4.69, 9.17) is 4.74 Å². The fourth-order valence-corrected chi connectivity index (χ4v) is 2.06. The fourth-order valence-electron chi connectivity index (χ4n) is 2.06. The van der Waals surface area contributed by atoms with Gasteiger partial charge < -0.3 is 10.1 Å². The van der Waals surface area contributed by atoms with E-state index >= 15 is 0 Å². The van der Waals surface area contributed by atoms with Crippen molar-refractivity contribution in [1.82, 2.24) is 5.32 Å². The highest BCUT2D eigenvalue weighted by Crippen LogP contribution is 2.47. The Hall–Kier alpha value is -0.570. The number of hydrogen-bond donors (Lipinski definition) is 1. The smallest absolute Gasteiger partial charge is 0.223 e. The molecule has 1 heterocycles. The van der Waals surface area contributed by atoms with E-state index in [-0.39, 0.29) is 23.5 Å². The van der Waals surface area contributed by atoms with Gasteiger partial charge in [0.1, 0.15) is 0 Å². The van der Waals surface area contributed by atoms with E-state index in [1.807, 2.05) is 13.8 Å². The molecule has 80 valence electrons. The third kappa shape index (κ3) is 1.65. The van der Waals surface area contributed by atoms with Crippen LogP contribution in [-0.2, 0) is 9.53 Å². The lowest BCUT2D eigenvalue weighted by Crippen LogP contribution is -2.43. The van der Waals surface area contributed by atoms with Gasteiger partial charge in [0.15, 0.2) is 0 Å². The summed E-state index contributed by atoms with van der Waals surface area (Å²) in [5.74, 6) is 0.320. The van der Waals surface area contributed by atoms with Crippen LogP contribution in [0, 0.1) is 5.92 Å². The lowest BCUT2D eigenvalue weighted by atomic mass is 10.1. The molecule has 1 saturated heterocycles. The zero-order valence-corrected chi connectivity index (χ0v) is 9.01. The monoisotopic (exact) mass is 197 g/mol.